The summed E-state index contributed by atoms with van der Waals surface area (Å²) >= 11 is 0. The highest BCUT2D eigenvalue weighted by molar-refractivity contribution is 5.28. The lowest BCUT2D eigenvalue weighted by molar-refractivity contribution is 0.279. The molecule has 0 saturated carbocycles. The van der Waals surface area contributed by atoms with Gasteiger partial charge in [0.15, 0.2) is 23.3 Å². The van der Waals surface area contributed by atoms with E-state index in [4.69, 9.17) is 4.74 Å². The molecule has 0 atom stereocenters. The number of ether oxygens (including phenoxy) is 1. The zero-order chi connectivity index (χ0) is 14.9. The summed E-state index contributed by atoms with van der Waals surface area (Å²) in [6.45, 7) is 1.07. The van der Waals surface area contributed by atoms with E-state index < -0.39 is 41.3 Å². The maximum absolute atomic E-state index is 13.4. The first-order valence-electron chi connectivity index (χ1n) is 5.61. The van der Waals surface area contributed by atoms with E-state index in [-0.39, 0.29) is 5.75 Å². The van der Waals surface area contributed by atoms with Crippen LogP contribution < -0.4 is 4.74 Å². The lowest BCUT2D eigenvalue weighted by atomic mass is 10.2. The Balaban J connectivity index is 2.28. The topological polar surface area (TPSA) is 9.23 Å². The third-order valence-electron chi connectivity index (χ3n) is 2.70. The smallest absolute Gasteiger partial charge is 0.200 e. The molecule has 0 aliphatic heterocycles. The van der Waals surface area contributed by atoms with Crippen molar-refractivity contribution >= 4 is 0 Å². The van der Waals surface area contributed by atoms with Gasteiger partial charge in [-0.25, -0.2) is 22.0 Å². The highest BCUT2D eigenvalue weighted by Gasteiger charge is 2.25. The van der Waals surface area contributed by atoms with Crippen LogP contribution in [0.15, 0.2) is 24.3 Å². The molecule has 0 aliphatic carbocycles. The molecule has 0 heterocycles. The minimum absolute atomic E-state index is 0.263. The van der Waals surface area contributed by atoms with E-state index in [1.54, 1.807) is 12.1 Å². The summed E-state index contributed by atoms with van der Waals surface area (Å²) in [7, 11) is 0. The molecular weight excluding hydrogens is 279 g/mol. The fourth-order valence-corrected chi connectivity index (χ4v) is 1.57. The van der Waals surface area contributed by atoms with Gasteiger partial charge in [-0.2, -0.15) is 0 Å². The van der Waals surface area contributed by atoms with Gasteiger partial charge >= 0.3 is 0 Å². The molecule has 0 bridgehead atoms. The molecule has 0 amide bonds. The van der Waals surface area contributed by atoms with Crippen molar-refractivity contribution in [1.29, 1.82) is 0 Å². The van der Waals surface area contributed by atoms with Crippen molar-refractivity contribution < 1.29 is 26.7 Å². The third-order valence-corrected chi connectivity index (χ3v) is 2.70. The number of aryl methyl sites for hydroxylation is 1. The van der Waals surface area contributed by atoms with Crippen LogP contribution in [0, 0.1) is 36.0 Å². The van der Waals surface area contributed by atoms with Crippen LogP contribution in [-0.2, 0) is 6.61 Å². The van der Waals surface area contributed by atoms with Gasteiger partial charge in [0.05, 0.1) is 5.56 Å². The summed E-state index contributed by atoms with van der Waals surface area (Å²) in [6.07, 6.45) is 0. The van der Waals surface area contributed by atoms with Crippen molar-refractivity contribution in [2.24, 2.45) is 0 Å². The highest BCUT2D eigenvalue weighted by Crippen LogP contribution is 2.24. The fourth-order valence-electron chi connectivity index (χ4n) is 1.57. The second-order valence-corrected chi connectivity index (χ2v) is 4.15. The van der Waals surface area contributed by atoms with Gasteiger partial charge in [0, 0.05) is 0 Å². The van der Waals surface area contributed by atoms with Crippen molar-refractivity contribution in [3.63, 3.8) is 0 Å². The molecule has 2 rings (SSSR count). The van der Waals surface area contributed by atoms with Crippen molar-refractivity contribution in [2.45, 2.75) is 13.5 Å². The van der Waals surface area contributed by atoms with Crippen LogP contribution in [0.4, 0.5) is 22.0 Å². The van der Waals surface area contributed by atoms with Crippen molar-refractivity contribution in [1.82, 2.24) is 0 Å². The Labute approximate surface area is 111 Å². The first kappa shape index (κ1) is 14.3. The molecule has 0 aromatic heterocycles. The molecule has 0 N–H and O–H groups in total. The second kappa shape index (κ2) is 5.48. The minimum atomic E-state index is -2.18. The normalized spacial score (nSPS) is 10.7. The molecule has 0 fully saturated rings. The number of benzene rings is 2. The molecule has 0 spiro atoms. The van der Waals surface area contributed by atoms with Crippen molar-refractivity contribution in [3.8, 4) is 5.75 Å². The number of hydrogen-bond acceptors (Lipinski definition) is 1. The van der Waals surface area contributed by atoms with Crippen LogP contribution in [0.2, 0.25) is 0 Å². The third kappa shape index (κ3) is 2.59. The average Bonchev–Trinajstić information content (AvgIpc) is 2.45. The van der Waals surface area contributed by atoms with E-state index in [0.29, 0.717) is 0 Å². The van der Waals surface area contributed by atoms with Gasteiger partial charge in [0.25, 0.3) is 0 Å². The van der Waals surface area contributed by atoms with Crippen LogP contribution in [0.5, 0.6) is 5.75 Å². The molecule has 0 aliphatic rings. The molecule has 0 unspecified atom stereocenters. The van der Waals surface area contributed by atoms with Crippen LogP contribution >= 0.6 is 0 Å². The number of hydrogen-bond donors (Lipinski definition) is 0. The molecule has 20 heavy (non-hydrogen) atoms. The zero-order valence-electron chi connectivity index (χ0n) is 10.3. The lowest BCUT2D eigenvalue weighted by Crippen LogP contribution is -2.09. The van der Waals surface area contributed by atoms with E-state index in [9.17, 15) is 22.0 Å². The van der Waals surface area contributed by atoms with Gasteiger partial charge in [-0.05, 0) is 19.1 Å². The number of rotatable bonds is 3. The Morgan fingerprint density at radius 2 is 1.20 bits per heavy atom. The summed E-state index contributed by atoms with van der Waals surface area (Å²) in [5.41, 5.74) is -0.0597. The van der Waals surface area contributed by atoms with Gasteiger partial charge in [0.1, 0.15) is 12.4 Å². The first-order valence-corrected chi connectivity index (χ1v) is 5.61. The summed E-state index contributed by atoms with van der Waals surface area (Å²) in [5.74, 6) is -9.64. The fraction of sp³-hybridized carbons (Fsp3) is 0.143. The van der Waals surface area contributed by atoms with Crippen LogP contribution in [0.3, 0.4) is 0 Å². The monoisotopic (exact) mass is 288 g/mol. The van der Waals surface area contributed by atoms with Crippen molar-refractivity contribution in [3.05, 3.63) is 64.5 Å². The second-order valence-electron chi connectivity index (χ2n) is 4.15. The maximum Gasteiger partial charge on any atom is 0.200 e. The van der Waals surface area contributed by atoms with Gasteiger partial charge in [-0.1, -0.05) is 17.7 Å². The summed E-state index contributed by atoms with van der Waals surface area (Å²) < 4.78 is 70.5. The molecule has 106 valence electrons. The summed E-state index contributed by atoms with van der Waals surface area (Å²) in [6, 6.07) is 6.44. The predicted octanol–water partition coefficient (Wildman–Crippen LogP) is 4.27. The number of halogens is 5. The molecular formula is C14H9F5O. The Bertz CT molecular complexity index is 608. The molecule has 2 aromatic rings. The molecule has 6 heteroatoms. The minimum Gasteiger partial charge on any atom is -0.489 e. The van der Waals surface area contributed by atoms with E-state index in [2.05, 4.69) is 0 Å². The van der Waals surface area contributed by atoms with Crippen molar-refractivity contribution in [2.75, 3.05) is 0 Å². The van der Waals surface area contributed by atoms with Crippen LogP contribution in [0.1, 0.15) is 11.1 Å². The zero-order valence-corrected chi connectivity index (χ0v) is 10.3. The quantitative estimate of drug-likeness (QED) is 0.465. The highest BCUT2D eigenvalue weighted by atomic mass is 19.2. The largest absolute Gasteiger partial charge is 0.489 e. The van der Waals surface area contributed by atoms with Crippen LogP contribution in [-0.4, -0.2) is 0 Å². The van der Waals surface area contributed by atoms with Crippen LogP contribution in [0.25, 0.3) is 0 Å². The SMILES string of the molecule is Cc1ccc(OCc2c(F)c(F)c(F)c(F)c2F)cc1. The molecule has 2 aromatic carbocycles. The molecule has 0 saturated heterocycles. The Morgan fingerprint density at radius 3 is 1.70 bits per heavy atom. The first-order chi connectivity index (χ1) is 9.41. The average molecular weight is 288 g/mol. The molecule has 1 nitrogen and oxygen atoms in total. The Kier molecular flexibility index (Phi) is 3.92. The molecule has 0 radical (unpaired) electrons. The summed E-state index contributed by atoms with van der Waals surface area (Å²) in [5, 5.41) is 0. The van der Waals surface area contributed by atoms with Gasteiger partial charge in [0.2, 0.25) is 5.82 Å². The standard InChI is InChI=1S/C14H9F5O/c1-7-2-4-8(5-3-7)20-6-9-10(15)12(17)14(19)13(18)11(9)16/h2-5H,6H2,1H3. The van der Waals surface area contributed by atoms with Gasteiger partial charge < -0.3 is 4.74 Å². The summed E-state index contributed by atoms with van der Waals surface area (Å²) in [4.78, 5) is 0. The van der Waals surface area contributed by atoms with E-state index in [0.717, 1.165) is 5.56 Å². The lowest BCUT2D eigenvalue weighted by Gasteiger charge is -2.10. The van der Waals surface area contributed by atoms with E-state index >= 15 is 0 Å². The van der Waals surface area contributed by atoms with Gasteiger partial charge in [-0.3, -0.25) is 0 Å². The van der Waals surface area contributed by atoms with E-state index in [1.807, 2.05) is 6.92 Å². The predicted molar refractivity (Wildman–Crippen MR) is 61.7 cm³/mol. The van der Waals surface area contributed by atoms with E-state index in [1.165, 1.54) is 12.1 Å². The maximum atomic E-state index is 13.4. The Morgan fingerprint density at radius 1 is 0.750 bits per heavy atom. The van der Waals surface area contributed by atoms with Gasteiger partial charge in [-0.15, -0.1) is 0 Å². The Hall–Kier alpha value is -2.11.